The number of nitro benzene ring substituents is 1. The molecule has 0 spiro atoms. The molecule has 0 saturated carbocycles. The smallest absolute Gasteiger partial charge is 0.272 e. The van der Waals surface area contributed by atoms with Crippen LogP contribution < -0.4 is 5.32 Å². The van der Waals surface area contributed by atoms with Crippen molar-refractivity contribution in [3.63, 3.8) is 0 Å². The van der Waals surface area contributed by atoms with Crippen molar-refractivity contribution in [2.75, 3.05) is 6.54 Å². The number of hydrogen-bond acceptors (Lipinski definition) is 4. The van der Waals surface area contributed by atoms with E-state index in [0.29, 0.717) is 24.1 Å². The van der Waals surface area contributed by atoms with Crippen LogP contribution in [0.15, 0.2) is 42.5 Å². The lowest BCUT2D eigenvalue weighted by molar-refractivity contribution is -0.385. The summed E-state index contributed by atoms with van der Waals surface area (Å²) in [6.45, 7) is 2.08. The number of nitrogens with zero attached hydrogens (tertiary/aromatic N) is 1. The molecule has 2 aromatic carbocycles. The highest BCUT2D eigenvalue weighted by atomic mass is 16.6. The number of rotatable bonds is 6. The minimum Gasteiger partial charge on any atom is -0.392 e. The van der Waals surface area contributed by atoms with Crippen LogP contribution in [0.2, 0.25) is 0 Å². The van der Waals surface area contributed by atoms with Crippen LogP contribution in [0, 0.1) is 17.0 Å². The standard InChI is InChI=1S/C17H18N2O4/c1-12-10-15(6-7-16(12)19(22)23)17(21)18-9-8-13-2-4-14(11-20)5-3-13/h2-7,10,20H,8-9,11H2,1H3,(H,18,21). The van der Waals surface area contributed by atoms with Crippen molar-refractivity contribution in [1.29, 1.82) is 0 Å². The maximum Gasteiger partial charge on any atom is 0.272 e. The fourth-order valence-corrected chi connectivity index (χ4v) is 2.24. The summed E-state index contributed by atoms with van der Waals surface area (Å²) >= 11 is 0. The maximum atomic E-state index is 12.1. The Kier molecular flexibility index (Phi) is 5.43. The van der Waals surface area contributed by atoms with Crippen LogP contribution in [0.4, 0.5) is 5.69 Å². The zero-order valence-corrected chi connectivity index (χ0v) is 12.8. The number of amides is 1. The van der Waals surface area contributed by atoms with Crippen molar-refractivity contribution < 1.29 is 14.8 Å². The lowest BCUT2D eigenvalue weighted by Crippen LogP contribution is -2.25. The number of aryl methyl sites for hydroxylation is 1. The second-order valence-electron chi connectivity index (χ2n) is 5.24. The normalized spacial score (nSPS) is 10.3. The fourth-order valence-electron chi connectivity index (χ4n) is 2.24. The third-order valence-corrected chi connectivity index (χ3v) is 3.56. The summed E-state index contributed by atoms with van der Waals surface area (Å²) in [5.74, 6) is -0.255. The SMILES string of the molecule is Cc1cc(C(=O)NCCc2ccc(CO)cc2)ccc1[N+](=O)[O-]. The second kappa shape index (κ2) is 7.51. The molecule has 120 valence electrons. The molecule has 2 aromatic rings. The van der Waals surface area contributed by atoms with Gasteiger partial charge in [-0.2, -0.15) is 0 Å². The first-order valence-corrected chi connectivity index (χ1v) is 7.23. The zero-order valence-electron chi connectivity index (χ0n) is 12.8. The van der Waals surface area contributed by atoms with Crippen LogP contribution in [-0.2, 0) is 13.0 Å². The third-order valence-electron chi connectivity index (χ3n) is 3.56. The average molecular weight is 314 g/mol. The lowest BCUT2D eigenvalue weighted by Gasteiger charge is -2.07. The quantitative estimate of drug-likeness (QED) is 0.632. The molecule has 0 aliphatic heterocycles. The van der Waals surface area contributed by atoms with Crippen molar-refractivity contribution in [1.82, 2.24) is 5.32 Å². The molecule has 6 heteroatoms. The number of benzene rings is 2. The van der Waals surface area contributed by atoms with Crippen molar-refractivity contribution in [3.8, 4) is 0 Å². The molecule has 1 amide bonds. The van der Waals surface area contributed by atoms with Gasteiger partial charge in [0.15, 0.2) is 0 Å². The molecule has 0 aromatic heterocycles. The minimum absolute atomic E-state index is 0.00511. The molecule has 2 rings (SSSR count). The molecule has 0 atom stereocenters. The van der Waals surface area contributed by atoms with Gasteiger partial charge in [0.25, 0.3) is 11.6 Å². The van der Waals surface area contributed by atoms with Gasteiger partial charge >= 0.3 is 0 Å². The summed E-state index contributed by atoms with van der Waals surface area (Å²) < 4.78 is 0. The predicted molar refractivity (Wildman–Crippen MR) is 86.2 cm³/mol. The van der Waals surface area contributed by atoms with Gasteiger partial charge in [0.1, 0.15) is 0 Å². The van der Waals surface area contributed by atoms with Gasteiger partial charge < -0.3 is 10.4 Å². The van der Waals surface area contributed by atoms with E-state index in [1.165, 1.54) is 18.2 Å². The van der Waals surface area contributed by atoms with Gasteiger partial charge in [-0.3, -0.25) is 14.9 Å². The highest BCUT2D eigenvalue weighted by Crippen LogP contribution is 2.18. The molecule has 0 radical (unpaired) electrons. The van der Waals surface area contributed by atoms with E-state index in [-0.39, 0.29) is 18.2 Å². The van der Waals surface area contributed by atoms with Crippen LogP contribution in [0.3, 0.4) is 0 Å². The van der Waals surface area contributed by atoms with Crippen molar-refractivity contribution in [2.24, 2.45) is 0 Å². The van der Waals surface area contributed by atoms with E-state index in [1.807, 2.05) is 24.3 Å². The molecule has 0 unspecified atom stereocenters. The average Bonchev–Trinajstić information content (AvgIpc) is 2.55. The molecule has 0 saturated heterocycles. The number of aliphatic hydroxyl groups is 1. The molecule has 2 N–H and O–H groups in total. The summed E-state index contributed by atoms with van der Waals surface area (Å²) in [5, 5.41) is 22.5. The Hall–Kier alpha value is -2.73. The first kappa shape index (κ1) is 16.6. The number of carbonyl (C=O) groups excluding carboxylic acids is 1. The van der Waals surface area contributed by atoms with Crippen molar-refractivity contribution in [3.05, 3.63) is 74.8 Å². The Bertz CT molecular complexity index is 711. The van der Waals surface area contributed by atoms with Gasteiger partial charge in [-0.25, -0.2) is 0 Å². The number of carbonyl (C=O) groups is 1. The summed E-state index contributed by atoms with van der Waals surface area (Å²) in [7, 11) is 0. The number of nitro groups is 1. The molecule has 0 heterocycles. The molecule has 6 nitrogen and oxygen atoms in total. The Morgan fingerprint density at radius 2 is 1.83 bits per heavy atom. The van der Waals surface area contributed by atoms with E-state index >= 15 is 0 Å². The van der Waals surface area contributed by atoms with Crippen LogP contribution in [0.5, 0.6) is 0 Å². The molecule has 0 fully saturated rings. The number of nitrogens with one attached hydrogen (secondary N) is 1. The van der Waals surface area contributed by atoms with Gasteiger partial charge in [-0.1, -0.05) is 24.3 Å². The summed E-state index contributed by atoms with van der Waals surface area (Å²) in [6, 6.07) is 11.8. The van der Waals surface area contributed by atoms with Crippen LogP contribution >= 0.6 is 0 Å². The van der Waals surface area contributed by atoms with Gasteiger partial charge in [-0.15, -0.1) is 0 Å². The molecular weight excluding hydrogens is 296 g/mol. The zero-order chi connectivity index (χ0) is 16.8. The molecule has 0 aliphatic rings. The van der Waals surface area contributed by atoms with Gasteiger partial charge in [0, 0.05) is 23.7 Å². The van der Waals surface area contributed by atoms with E-state index in [1.54, 1.807) is 6.92 Å². The summed E-state index contributed by atoms with van der Waals surface area (Å²) in [4.78, 5) is 22.4. The van der Waals surface area contributed by atoms with Crippen molar-refractivity contribution >= 4 is 11.6 Å². The van der Waals surface area contributed by atoms with Crippen molar-refractivity contribution in [2.45, 2.75) is 20.0 Å². The first-order chi connectivity index (χ1) is 11.0. The lowest BCUT2D eigenvalue weighted by atomic mass is 10.1. The van der Waals surface area contributed by atoms with Crippen LogP contribution in [0.25, 0.3) is 0 Å². The Labute approximate surface area is 133 Å². The Morgan fingerprint density at radius 3 is 2.39 bits per heavy atom. The van der Waals surface area contributed by atoms with E-state index in [0.717, 1.165) is 11.1 Å². The second-order valence-corrected chi connectivity index (χ2v) is 5.24. The van der Waals surface area contributed by atoms with Gasteiger partial charge in [0.2, 0.25) is 0 Å². The monoisotopic (exact) mass is 314 g/mol. The maximum absolute atomic E-state index is 12.1. The summed E-state index contributed by atoms with van der Waals surface area (Å²) in [6.07, 6.45) is 0.670. The molecular formula is C17H18N2O4. The van der Waals surface area contributed by atoms with E-state index in [2.05, 4.69) is 5.32 Å². The first-order valence-electron chi connectivity index (χ1n) is 7.23. The summed E-state index contributed by atoms with van der Waals surface area (Å²) in [5.41, 5.74) is 2.78. The number of hydrogen-bond donors (Lipinski definition) is 2. The van der Waals surface area contributed by atoms with E-state index in [4.69, 9.17) is 5.11 Å². The predicted octanol–water partition coefficient (Wildman–Crippen LogP) is 2.37. The Morgan fingerprint density at radius 1 is 1.17 bits per heavy atom. The van der Waals surface area contributed by atoms with E-state index < -0.39 is 4.92 Å². The highest BCUT2D eigenvalue weighted by molar-refractivity contribution is 5.94. The van der Waals surface area contributed by atoms with E-state index in [9.17, 15) is 14.9 Å². The highest BCUT2D eigenvalue weighted by Gasteiger charge is 2.13. The molecule has 0 bridgehead atoms. The van der Waals surface area contributed by atoms with Crippen LogP contribution in [0.1, 0.15) is 27.0 Å². The largest absolute Gasteiger partial charge is 0.392 e. The van der Waals surface area contributed by atoms with Gasteiger partial charge in [-0.05, 0) is 36.6 Å². The molecule has 0 aliphatic carbocycles. The Balaban J connectivity index is 1.91. The van der Waals surface area contributed by atoms with Crippen LogP contribution in [-0.4, -0.2) is 22.5 Å². The third kappa shape index (κ3) is 4.37. The topological polar surface area (TPSA) is 92.5 Å². The number of aliphatic hydroxyl groups excluding tert-OH is 1. The van der Waals surface area contributed by atoms with Gasteiger partial charge in [0.05, 0.1) is 11.5 Å². The fraction of sp³-hybridized carbons (Fsp3) is 0.235. The minimum atomic E-state index is -0.465. The molecule has 23 heavy (non-hydrogen) atoms.